The van der Waals surface area contributed by atoms with Crippen molar-refractivity contribution in [1.82, 2.24) is 14.3 Å². The molecule has 7 heteroatoms. The number of rotatable bonds is 5. The number of methoxy groups -OCH3 is 1. The smallest absolute Gasteiger partial charge is 0.354 e. The highest BCUT2D eigenvalue weighted by atomic mass is 32.1. The van der Waals surface area contributed by atoms with Gasteiger partial charge in [-0.05, 0) is 54.6 Å². The Kier molecular flexibility index (Phi) is 4.90. The lowest BCUT2D eigenvalue weighted by atomic mass is 9.92. The molecule has 1 aromatic carbocycles. The Morgan fingerprint density at radius 1 is 1.19 bits per heavy atom. The van der Waals surface area contributed by atoms with Crippen LogP contribution in [0.3, 0.4) is 0 Å². The summed E-state index contributed by atoms with van der Waals surface area (Å²) in [6.07, 6.45) is 2.74. The van der Waals surface area contributed by atoms with E-state index in [1.54, 1.807) is 23.1 Å². The van der Waals surface area contributed by atoms with Crippen LogP contribution >= 0.6 is 11.3 Å². The van der Waals surface area contributed by atoms with Gasteiger partial charge in [-0.1, -0.05) is 6.07 Å². The van der Waals surface area contributed by atoms with Crippen LogP contribution in [0.4, 0.5) is 0 Å². The second-order valence-corrected chi connectivity index (χ2v) is 8.42. The van der Waals surface area contributed by atoms with E-state index in [1.807, 2.05) is 38.4 Å². The van der Waals surface area contributed by atoms with Crippen molar-refractivity contribution in [1.29, 1.82) is 0 Å². The third kappa shape index (κ3) is 3.25. The third-order valence-corrected chi connectivity index (χ3v) is 6.55. The number of thiophene rings is 1. The van der Waals surface area contributed by atoms with Gasteiger partial charge in [-0.2, -0.15) is 5.10 Å². The van der Waals surface area contributed by atoms with Crippen molar-refractivity contribution in [2.24, 2.45) is 7.05 Å². The van der Waals surface area contributed by atoms with Crippen molar-refractivity contribution in [2.45, 2.75) is 19.9 Å². The second kappa shape index (κ2) is 7.74. The maximum absolute atomic E-state index is 12.7. The molecule has 5 rings (SSSR count). The highest BCUT2D eigenvalue weighted by Crippen LogP contribution is 2.45. The van der Waals surface area contributed by atoms with Gasteiger partial charge in [0.15, 0.2) is 0 Å². The van der Waals surface area contributed by atoms with Crippen molar-refractivity contribution in [3.63, 3.8) is 0 Å². The molecule has 0 spiro atoms. The Hall–Kier alpha value is -3.32. The number of nitrogens with zero attached hydrogens (tertiary/aromatic N) is 3. The first-order valence-corrected chi connectivity index (χ1v) is 11.1. The van der Waals surface area contributed by atoms with Gasteiger partial charge >= 0.3 is 5.97 Å². The average molecular weight is 434 g/mol. The summed E-state index contributed by atoms with van der Waals surface area (Å²) < 4.78 is 15.0. The van der Waals surface area contributed by atoms with Crippen LogP contribution < -0.4 is 4.74 Å². The number of carbonyl (C=O) groups excluding carboxylic acids is 1. The fraction of sp³-hybridized carbons (Fsp3) is 0.250. The van der Waals surface area contributed by atoms with Crippen LogP contribution in [0.5, 0.6) is 5.75 Å². The minimum absolute atomic E-state index is 0.284. The Morgan fingerprint density at radius 3 is 2.74 bits per heavy atom. The van der Waals surface area contributed by atoms with Gasteiger partial charge < -0.3 is 14.0 Å². The molecule has 0 atom stereocenters. The Labute approximate surface area is 184 Å². The molecule has 1 aliphatic heterocycles. The SMILES string of the molecule is CCOC(=O)c1cc(-c2cccs2)c2n1CCc1cc(OC)c(-c3ccn(C)n3)cc1-2. The third-order valence-electron chi connectivity index (χ3n) is 5.64. The van der Waals surface area contributed by atoms with Gasteiger partial charge in [0.2, 0.25) is 0 Å². The van der Waals surface area contributed by atoms with Gasteiger partial charge in [0.1, 0.15) is 11.4 Å². The molecule has 0 amide bonds. The van der Waals surface area contributed by atoms with Crippen molar-refractivity contribution >= 4 is 17.3 Å². The maximum atomic E-state index is 12.7. The topological polar surface area (TPSA) is 58.3 Å². The van der Waals surface area contributed by atoms with Crippen LogP contribution in [0.25, 0.3) is 33.0 Å². The van der Waals surface area contributed by atoms with E-state index in [0.29, 0.717) is 18.8 Å². The molecule has 4 aromatic rings. The normalized spacial score (nSPS) is 12.4. The molecule has 3 aromatic heterocycles. The average Bonchev–Trinajstić information content (AvgIpc) is 3.52. The molecule has 0 fully saturated rings. The minimum atomic E-state index is -0.284. The summed E-state index contributed by atoms with van der Waals surface area (Å²) in [7, 11) is 3.59. The van der Waals surface area contributed by atoms with E-state index in [9.17, 15) is 4.79 Å². The summed E-state index contributed by atoms with van der Waals surface area (Å²) in [6.45, 7) is 2.90. The fourth-order valence-electron chi connectivity index (χ4n) is 4.27. The molecule has 0 aliphatic carbocycles. The largest absolute Gasteiger partial charge is 0.496 e. The molecule has 0 unspecified atom stereocenters. The van der Waals surface area contributed by atoms with Crippen LogP contribution in [0, 0.1) is 0 Å². The zero-order chi connectivity index (χ0) is 21.5. The minimum Gasteiger partial charge on any atom is -0.496 e. The molecular formula is C24H23N3O3S. The van der Waals surface area contributed by atoms with E-state index in [0.717, 1.165) is 45.1 Å². The summed E-state index contributed by atoms with van der Waals surface area (Å²) in [5.74, 6) is 0.522. The number of aromatic nitrogens is 3. The van der Waals surface area contributed by atoms with E-state index >= 15 is 0 Å². The van der Waals surface area contributed by atoms with Crippen molar-refractivity contribution in [2.75, 3.05) is 13.7 Å². The van der Waals surface area contributed by atoms with Gasteiger partial charge in [0.05, 0.1) is 25.1 Å². The first-order chi connectivity index (χ1) is 15.1. The molecule has 158 valence electrons. The van der Waals surface area contributed by atoms with Gasteiger partial charge in [-0.3, -0.25) is 4.68 Å². The van der Waals surface area contributed by atoms with Crippen LogP contribution in [-0.2, 0) is 24.8 Å². The molecule has 0 N–H and O–H groups in total. The monoisotopic (exact) mass is 433 g/mol. The van der Waals surface area contributed by atoms with E-state index in [1.165, 1.54) is 5.56 Å². The van der Waals surface area contributed by atoms with Gasteiger partial charge in [-0.15, -0.1) is 11.3 Å². The molecule has 0 bridgehead atoms. The number of esters is 1. The lowest BCUT2D eigenvalue weighted by Crippen LogP contribution is -2.17. The highest BCUT2D eigenvalue weighted by molar-refractivity contribution is 7.13. The fourth-order valence-corrected chi connectivity index (χ4v) is 5.02. The molecule has 0 radical (unpaired) electrons. The zero-order valence-electron chi connectivity index (χ0n) is 17.7. The molecule has 0 saturated heterocycles. The summed E-state index contributed by atoms with van der Waals surface area (Å²) >= 11 is 1.67. The number of hydrogen-bond acceptors (Lipinski definition) is 5. The van der Waals surface area contributed by atoms with Crippen LogP contribution in [0.15, 0.2) is 48.0 Å². The summed E-state index contributed by atoms with van der Waals surface area (Å²) in [4.78, 5) is 13.9. The number of benzene rings is 1. The van der Waals surface area contributed by atoms with E-state index < -0.39 is 0 Å². The lowest BCUT2D eigenvalue weighted by molar-refractivity contribution is 0.0514. The number of aryl methyl sites for hydroxylation is 2. The Morgan fingerprint density at radius 2 is 2.06 bits per heavy atom. The number of fused-ring (bicyclic) bond motifs is 3. The summed E-state index contributed by atoms with van der Waals surface area (Å²) in [6, 6.07) is 12.3. The van der Waals surface area contributed by atoms with Crippen molar-refractivity contribution < 1.29 is 14.3 Å². The van der Waals surface area contributed by atoms with Crippen LogP contribution in [-0.4, -0.2) is 34.0 Å². The number of ether oxygens (including phenoxy) is 2. The molecule has 1 aliphatic rings. The predicted molar refractivity (Wildman–Crippen MR) is 122 cm³/mol. The molecule has 31 heavy (non-hydrogen) atoms. The molecule has 6 nitrogen and oxygen atoms in total. The first kappa shape index (κ1) is 19.6. The molecule has 4 heterocycles. The van der Waals surface area contributed by atoms with E-state index in [4.69, 9.17) is 9.47 Å². The van der Waals surface area contributed by atoms with Crippen molar-refractivity contribution in [3.8, 4) is 38.7 Å². The van der Waals surface area contributed by atoms with E-state index in [2.05, 4.69) is 33.2 Å². The summed E-state index contributed by atoms with van der Waals surface area (Å²) in [5.41, 5.74) is 6.80. The maximum Gasteiger partial charge on any atom is 0.354 e. The molecular weight excluding hydrogens is 410 g/mol. The van der Waals surface area contributed by atoms with Gasteiger partial charge in [-0.25, -0.2) is 4.79 Å². The van der Waals surface area contributed by atoms with Gasteiger partial charge in [0.25, 0.3) is 0 Å². The zero-order valence-corrected chi connectivity index (χ0v) is 18.5. The number of carbonyl (C=O) groups is 1. The Balaban J connectivity index is 1.76. The van der Waals surface area contributed by atoms with Crippen LogP contribution in [0.1, 0.15) is 23.0 Å². The second-order valence-electron chi connectivity index (χ2n) is 7.48. The lowest BCUT2D eigenvalue weighted by Gasteiger charge is -2.24. The Bertz CT molecular complexity index is 1270. The van der Waals surface area contributed by atoms with E-state index in [-0.39, 0.29) is 5.97 Å². The van der Waals surface area contributed by atoms with Gasteiger partial charge in [0, 0.05) is 41.4 Å². The standard InChI is InChI=1S/C24H23N3O3S/c1-4-30-24(28)20-14-18(22-6-5-11-31-22)23-16-13-17(19-8-9-26(2)25-19)21(29-3)12-15(16)7-10-27(20)23/h5-6,8-9,11-14H,4,7,10H2,1-3H3. The predicted octanol–water partition coefficient (Wildman–Crippen LogP) is 5.03. The molecule has 0 saturated carbocycles. The first-order valence-electron chi connectivity index (χ1n) is 10.3. The summed E-state index contributed by atoms with van der Waals surface area (Å²) in [5, 5.41) is 6.64. The number of hydrogen-bond donors (Lipinski definition) is 0. The quantitative estimate of drug-likeness (QED) is 0.415. The van der Waals surface area contributed by atoms with Crippen LogP contribution in [0.2, 0.25) is 0 Å². The highest BCUT2D eigenvalue weighted by Gasteiger charge is 2.29. The van der Waals surface area contributed by atoms with Crippen molar-refractivity contribution in [3.05, 3.63) is 59.2 Å².